The van der Waals surface area contributed by atoms with Crippen molar-refractivity contribution in [2.24, 2.45) is 0 Å². The van der Waals surface area contributed by atoms with Crippen LogP contribution in [0.3, 0.4) is 0 Å². The Labute approximate surface area is 463 Å². The first kappa shape index (κ1) is 71.1. The van der Waals surface area contributed by atoms with Gasteiger partial charge in [0, 0.05) is 19.3 Å². The molecule has 428 valence electrons. The lowest BCUT2D eigenvalue weighted by molar-refractivity contribution is -0.167. The Balaban J connectivity index is 4.24. The van der Waals surface area contributed by atoms with Crippen LogP contribution in [0.4, 0.5) is 0 Å². The van der Waals surface area contributed by atoms with Crippen LogP contribution < -0.4 is 0 Å². The number of allylic oxidation sites excluding steroid dienone is 18. The van der Waals surface area contributed by atoms with E-state index < -0.39 is 6.10 Å². The molecule has 0 aromatic heterocycles. The van der Waals surface area contributed by atoms with Crippen LogP contribution in [-0.2, 0) is 28.6 Å². The number of unbranched alkanes of at least 4 members (excludes halogenated alkanes) is 27. The number of rotatable bonds is 56. The van der Waals surface area contributed by atoms with Gasteiger partial charge < -0.3 is 14.2 Å². The molecular weight excluding hydrogens is 925 g/mol. The monoisotopic (exact) mass is 1040 g/mol. The van der Waals surface area contributed by atoms with Crippen LogP contribution in [-0.4, -0.2) is 37.2 Å². The first-order valence-corrected chi connectivity index (χ1v) is 31.4. The van der Waals surface area contributed by atoms with Gasteiger partial charge in [0.25, 0.3) is 0 Å². The number of hydrogen-bond acceptors (Lipinski definition) is 6. The molecular formula is C69H116O6. The molecule has 6 heteroatoms. The first-order valence-electron chi connectivity index (χ1n) is 31.4. The number of hydrogen-bond donors (Lipinski definition) is 0. The normalized spacial score (nSPS) is 12.8. The van der Waals surface area contributed by atoms with Crippen LogP contribution in [0.1, 0.15) is 290 Å². The Hall–Kier alpha value is -3.93. The SMILES string of the molecule is CC/C=C\C/C=C\C/C=C\C/C=C\C/C=C\C/C=C\C/C=C\CCCCCCCCCCCC(=O)OCC(COC(=O)CCCCCCCCCCCCCCC)OC(=O)CCCCCCC/C=C\C/C=C\CCC. The van der Waals surface area contributed by atoms with Crippen molar-refractivity contribution in [1.29, 1.82) is 0 Å². The van der Waals surface area contributed by atoms with Crippen molar-refractivity contribution in [3.63, 3.8) is 0 Å². The van der Waals surface area contributed by atoms with Crippen LogP contribution in [0.5, 0.6) is 0 Å². The lowest BCUT2D eigenvalue weighted by atomic mass is 10.0. The van der Waals surface area contributed by atoms with E-state index in [1.54, 1.807) is 0 Å². The third kappa shape index (κ3) is 60.8. The van der Waals surface area contributed by atoms with E-state index in [1.807, 2.05) is 0 Å². The molecule has 75 heavy (non-hydrogen) atoms. The van der Waals surface area contributed by atoms with E-state index in [0.717, 1.165) is 141 Å². The summed E-state index contributed by atoms with van der Waals surface area (Å²) in [5.74, 6) is -0.899. The molecule has 0 rings (SSSR count). The maximum atomic E-state index is 12.8. The molecule has 6 nitrogen and oxygen atoms in total. The molecule has 0 N–H and O–H groups in total. The molecule has 0 aliphatic carbocycles. The Morgan fingerprint density at radius 3 is 0.867 bits per heavy atom. The Morgan fingerprint density at radius 1 is 0.280 bits per heavy atom. The van der Waals surface area contributed by atoms with Gasteiger partial charge in [-0.3, -0.25) is 14.4 Å². The van der Waals surface area contributed by atoms with E-state index in [4.69, 9.17) is 14.2 Å². The topological polar surface area (TPSA) is 78.9 Å². The molecule has 0 amide bonds. The highest BCUT2D eigenvalue weighted by molar-refractivity contribution is 5.71. The van der Waals surface area contributed by atoms with Crippen molar-refractivity contribution in [3.8, 4) is 0 Å². The molecule has 0 radical (unpaired) electrons. The van der Waals surface area contributed by atoms with Crippen molar-refractivity contribution in [2.75, 3.05) is 13.2 Å². The summed E-state index contributed by atoms with van der Waals surface area (Å²) in [4.78, 5) is 38.2. The zero-order valence-electron chi connectivity index (χ0n) is 49.0. The summed E-state index contributed by atoms with van der Waals surface area (Å²) in [6.07, 6.45) is 85.2. The third-order valence-corrected chi connectivity index (χ3v) is 13.2. The third-order valence-electron chi connectivity index (χ3n) is 13.2. The van der Waals surface area contributed by atoms with Crippen molar-refractivity contribution >= 4 is 17.9 Å². The van der Waals surface area contributed by atoms with Gasteiger partial charge in [0.2, 0.25) is 0 Å². The van der Waals surface area contributed by atoms with Gasteiger partial charge in [-0.15, -0.1) is 0 Å². The molecule has 0 aliphatic rings. The summed E-state index contributed by atoms with van der Waals surface area (Å²) < 4.78 is 16.9. The quantitative estimate of drug-likeness (QED) is 0.0261. The predicted molar refractivity (Wildman–Crippen MR) is 325 cm³/mol. The van der Waals surface area contributed by atoms with Crippen LogP contribution in [0.15, 0.2) is 109 Å². The number of carbonyl (C=O) groups is 3. The second kappa shape index (κ2) is 62.6. The fourth-order valence-electron chi connectivity index (χ4n) is 8.58. The summed E-state index contributed by atoms with van der Waals surface area (Å²) in [7, 11) is 0. The van der Waals surface area contributed by atoms with Gasteiger partial charge in [-0.05, 0) is 103 Å². The molecule has 0 saturated carbocycles. The molecule has 1 unspecified atom stereocenters. The fourth-order valence-corrected chi connectivity index (χ4v) is 8.58. The van der Waals surface area contributed by atoms with Gasteiger partial charge in [-0.1, -0.05) is 278 Å². The molecule has 1 atom stereocenters. The summed E-state index contributed by atoms with van der Waals surface area (Å²) in [5.41, 5.74) is 0. The molecule has 0 aromatic rings. The molecule has 0 bridgehead atoms. The zero-order valence-corrected chi connectivity index (χ0v) is 49.0. The van der Waals surface area contributed by atoms with Gasteiger partial charge in [-0.25, -0.2) is 0 Å². The lowest BCUT2D eigenvalue weighted by Gasteiger charge is -2.18. The van der Waals surface area contributed by atoms with Gasteiger partial charge >= 0.3 is 17.9 Å². The van der Waals surface area contributed by atoms with E-state index in [9.17, 15) is 14.4 Å². The molecule has 0 fully saturated rings. The largest absolute Gasteiger partial charge is 0.462 e. The standard InChI is InChI=1S/C69H116O6/c1-4-7-10-13-16-19-22-25-26-27-28-29-30-31-32-33-34-35-36-37-38-39-40-41-42-45-47-50-53-56-59-62-68(71)74-65-66(75-69(72)63-60-57-54-51-48-44-24-21-18-15-12-9-6-3)64-73-67(70)61-58-55-52-49-46-43-23-20-17-14-11-8-5-2/h7,10,12,15-16,19,21,24-26,28-29,31-32,34-35,37-38,66H,4-6,8-9,11,13-14,17-18,20,22-23,27,30,33,36,39-65H2,1-3H3/b10-7-,15-12-,19-16-,24-21-,26-25-,29-28-,32-31-,35-34-,38-37-. The highest BCUT2D eigenvalue weighted by Crippen LogP contribution is 2.16. The number of ether oxygens (including phenoxy) is 3. The zero-order chi connectivity index (χ0) is 54.3. The maximum absolute atomic E-state index is 12.8. The average Bonchev–Trinajstić information content (AvgIpc) is 3.41. The minimum Gasteiger partial charge on any atom is -0.462 e. The second-order valence-corrected chi connectivity index (χ2v) is 20.6. The minimum atomic E-state index is -0.787. The van der Waals surface area contributed by atoms with Gasteiger partial charge in [0.15, 0.2) is 6.10 Å². The average molecular weight is 1040 g/mol. The Bertz CT molecular complexity index is 1520. The van der Waals surface area contributed by atoms with Crippen molar-refractivity contribution in [1.82, 2.24) is 0 Å². The maximum Gasteiger partial charge on any atom is 0.306 e. The van der Waals surface area contributed by atoms with Crippen molar-refractivity contribution in [3.05, 3.63) is 109 Å². The van der Waals surface area contributed by atoms with Crippen molar-refractivity contribution in [2.45, 2.75) is 297 Å². The van der Waals surface area contributed by atoms with E-state index in [0.29, 0.717) is 19.3 Å². The number of carbonyl (C=O) groups excluding carboxylic acids is 3. The van der Waals surface area contributed by atoms with Gasteiger partial charge in [0.1, 0.15) is 13.2 Å². The van der Waals surface area contributed by atoms with Crippen LogP contribution in [0.2, 0.25) is 0 Å². The van der Waals surface area contributed by atoms with E-state index in [-0.39, 0.29) is 31.1 Å². The summed E-state index contributed by atoms with van der Waals surface area (Å²) in [6.45, 7) is 6.46. The highest BCUT2D eigenvalue weighted by Gasteiger charge is 2.19. The van der Waals surface area contributed by atoms with E-state index in [1.165, 1.54) is 109 Å². The van der Waals surface area contributed by atoms with Gasteiger partial charge in [0.05, 0.1) is 0 Å². The molecule has 0 spiro atoms. The van der Waals surface area contributed by atoms with Gasteiger partial charge in [-0.2, -0.15) is 0 Å². The minimum absolute atomic E-state index is 0.0834. The highest BCUT2D eigenvalue weighted by atomic mass is 16.6. The van der Waals surface area contributed by atoms with Crippen LogP contribution >= 0.6 is 0 Å². The second-order valence-electron chi connectivity index (χ2n) is 20.6. The first-order chi connectivity index (χ1) is 37.0. The molecule has 0 saturated heterocycles. The summed E-state index contributed by atoms with van der Waals surface area (Å²) in [5, 5.41) is 0. The summed E-state index contributed by atoms with van der Waals surface area (Å²) >= 11 is 0. The number of esters is 3. The Morgan fingerprint density at radius 2 is 0.547 bits per heavy atom. The Kier molecular flexibility index (Phi) is 59.3. The fraction of sp³-hybridized carbons (Fsp3) is 0.696. The molecule has 0 aliphatic heterocycles. The lowest BCUT2D eigenvalue weighted by Crippen LogP contribution is -2.30. The van der Waals surface area contributed by atoms with Crippen LogP contribution in [0, 0.1) is 0 Å². The van der Waals surface area contributed by atoms with Crippen molar-refractivity contribution < 1.29 is 28.6 Å². The predicted octanol–water partition coefficient (Wildman–Crippen LogP) is 21.4. The van der Waals surface area contributed by atoms with E-state index in [2.05, 4.69) is 130 Å². The van der Waals surface area contributed by atoms with E-state index >= 15 is 0 Å². The smallest absolute Gasteiger partial charge is 0.306 e. The van der Waals surface area contributed by atoms with Crippen LogP contribution in [0.25, 0.3) is 0 Å². The molecule has 0 aromatic carbocycles. The molecule has 0 heterocycles. The summed E-state index contributed by atoms with van der Waals surface area (Å²) in [6, 6.07) is 0.